The van der Waals surface area contributed by atoms with Crippen LogP contribution in [-0.4, -0.2) is 25.0 Å². The molecule has 2 aliphatic carbocycles. The van der Waals surface area contributed by atoms with E-state index in [9.17, 15) is 9.59 Å². The maximum Gasteiger partial charge on any atom is 0.321 e. The van der Waals surface area contributed by atoms with Crippen LogP contribution in [0.4, 0.5) is 0 Å². The van der Waals surface area contributed by atoms with Crippen LogP contribution in [0.1, 0.15) is 52.4 Å². The standard InChI is InChI=1S/C15H25NO3/c1-10-5-4-6-12(9-10)11(2)16-13(17)15(7-8-15)14(18)19-3/h10-12H,4-9H2,1-3H3,(H,16,17)/t10-,11+,12+/m0/s1. The second-order valence-corrected chi connectivity index (χ2v) is 6.37. The Bertz CT molecular complexity index is 362. The fraction of sp³-hybridized carbons (Fsp3) is 0.867. The lowest BCUT2D eigenvalue weighted by atomic mass is 9.79. The van der Waals surface area contributed by atoms with Gasteiger partial charge in [0.2, 0.25) is 5.91 Å². The first-order valence-corrected chi connectivity index (χ1v) is 7.39. The Hall–Kier alpha value is -1.06. The monoisotopic (exact) mass is 267 g/mol. The van der Waals surface area contributed by atoms with E-state index in [0.717, 1.165) is 5.92 Å². The van der Waals surface area contributed by atoms with Gasteiger partial charge >= 0.3 is 5.97 Å². The fourth-order valence-corrected chi connectivity index (χ4v) is 3.24. The largest absolute Gasteiger partial charge is 0.468 e. The van der Waals surface area contributed by atoms with Crippen molar-refractivity contribution in [3.63, 3.8) is 0 Å². The van der Waals surface area contributed by atoms with Crippen LogP contribution in [0.15, 0.2) is 0 Å². The minimum Gasteiger partial charge on any atom is -0.468 e. The minimum atomic E-state index is -0.872. The smallest absolute Gasteiger partial charge is 0.321 e. The molecule has 19 heavy (non-hydrogen) atoms. The zero-order valence-electron chi connectivity index (χ0n) is 12.2. The van der Waals surface area contributed by atoms with E-state index in [1.807, 2.05) is 0 Å². The maximum absolute atomic E-state index is 12.3. The first kappa shape index (κ1) is 14.4. The quantitative estimate of drug-likeness (QED) is 0.628. The molecule has 1 amide bonds. The van der Waals surface area contributed by atoms with E-state index >= 15 is 0 Å². The summed E-state index contributed by atoms with van der Waals surface area (Å²) in [4.78, 5) is 23.9. The highest BCUT2D eigenvalue weighted by molar-refractivity contribution is 6.05. The van der Waals surface area contributed by atoms with Crippen LogP contribution in [0.2, 0.25) is 0 Å². The Morgan fingerprint density at radius 2 is 2.00 bits per heavy atom. The molecule has 0 aromatic heterocycles. The summed E-state index contributed by atoms with van der Waals surface area (Å²) in [7, 11) is 1.35. The van der Waals surface area contributed by atoms with Crippen molar-refractivity contribution in [1.82, 2.24) is 5.32 Å². The lowest BCUT2D eigenvalue weighted by Crippen LogP contribution is -2.45. The number of carbonyl (C=O) groups is 2. The average molecular weight is 267 g/mol. The summed E-state index contributed by atoms with van der Waals surface area (Å²) in [6, 6.07) is 0.150. The van der Waals surface area contributed by atoms with E-state index in [1.54, 1.807) is 0 Å². The number of hydrogen-bond acceptors (Lipinski definition) is 3. The molecule has 108 valence electrons. The normalized spacial score (nSPS) is 30.3. The van der Waals surface area contributed by atoms with Crippen molar-refractivity contribution in [3.05, 3.63) is 0 Å². The van der Waals surface area contributed by atoms with Gasteiger partial charge in [0.25, 0.3) is 0 Å². The van der Waals surface area contributed by atoms with Gasteiger partial charge < -0.3 is 10.1 Å². The molecule has 0 aromatic carbocycles. The number of hydrogen-bond donors (Lipinski definition) is 1. The van der Waals surface area contributed by atoms with Crippen molar-refractivity contribution < 1.29 is 14.3 Å². The molecule has 0 bridgehead atoms. The number of carbonyl (C=O) groups excluding carboxylic acids is 2. The van der Waals surface area contributed by atoms with Crippen molar-refractivity contribution in [2.24, 2.45) is 17.3 Å². The number of rotatable bonds is 4. The van der Waals surface area contributed by atoms with Crippen LogP contribution in [0, 0.1) is 17.3 Å². The molecule has 0 unspecified atom stereocenters. The highest BCUT2D eigenvalue weighted by Gasteiger charge is 2.58. The van der Waals surface area contributed by atoms with E-state index in [-0.39, 0.29) is 17.9 Å². The molecule has 0 saturated heterocycles. The molecule has 2 saturated carbocycles. The van der Waals surface area contributed by atoms with Gasteiger partial charge in [-0.3, -0.25) is 9.59 Å². The summed E-state index contributed by atoms with van der Waals surface area (Å²) >= 11 is 0. The van der Waals surface area contributed by atoms with Gasteiger partial charge in [-0.2, -0.15) is 0 Å². The van der Waals surface area contributed by atoms with E-state index < -0.39 is 5.41 Å². The Morgan fingerprint density at radius 3 is 2.53 bits per heavy atom. The molecule has 1 N–H and O–H groups in total. The maximum atomic E-state index is 12.3. The van der Waals surface area contributed by atoms with Crippen LogP contribution in [0.3, 0.4) is 0 Å². The van der Waals surface area contributed by atoms with Crippen LogP contribution in [-0.2, 0) is 14.3 Å². The zero-order valence-corrected chi connectivity index (χ0v) is 12.2. The van der Waals surface area contributed by atoms with Gasteiger partial charge in [-0.25, -0.2) is 0 Å². The average Bonchev–Trinajstić information content (AvgIpc) is 3.19. The van der Waals surface area contributed by atoms with E-state index in [0.29, 0.717) is 18.8 Å². The first-order valence-electron chi connectivity index (χ1n) is 7.39. The lowest BCUT2D eigenvalue weighted by molar-refractivity contribution is -0.152. The highest BCUT2D eigenvalue weighted by atomic mass is 16.5. The molecule has 2 fully saturated rings. The third-order valence-corrected chi connectivity index (χ3v) is 4.80. The van der Waals surface area contributed by atoms with Gasteiger partial charge in [-0.1, -0.05) is 19.8 Å². The molecule has 0 spiro atoms. The number of ether oxygens (including phenoxy) is 1. The highest BCUT2D eigenvalue weighted by Crippen LogP contribution is 2.47. The summed E-state index contributed by atoms with van der Waals surface area (Å²) < 4.78 is 4.74. The fourth-order valence-electron chi connectivity index (χ4n) is 3.24. The van der Waals surface area contributed by atoms with Gasteiger partial charge in [0.05, 0.1) is 7.11 Å². The molecule has 2 aliphatic rings. The van der Waals surface area contributed by atoms with Crippen LogP contribution in [0.5, 0.6) is 0 Å². The molecule has 0 aromatic rings. The third-order valence-electron chi connectivity index (χ3n) is 4.80. The molecule has 0 aliphatic heterocycles. The summed E-state index contributed by atoms with van der Waals surface area (Å²) in [5.74, 6) is 0.772. The first-order chi connectivity index (χ1) is 8.99. The molecule has 4 heteroatoms. The van der Waals surface area contributed by atoms with Crippen LogP contribution in [0.25, 0.3) is 0 Å². The van der Waals surface area contributed by atoms with Crippen molar-refractivity contribution in [3.8, 4) is 0 Å². The molecule has 2 rings (SSSR count). The molecular weight excluding hydrogens is 242 g/mol. The minimum absolute atomic E-state index is 0.134. The second-order valence-electron chi connectivity index (χ2n) is 6.37. The third kappa shape index (κ3) is 2.93. The summed E-state index contributed by atoms with van der Waals surface area (Å²) in [5, 5.41) is 3.05. The van der Waals surface area contributed by atoms with E-state index in [4.69, 9.17) is 4.74 Å². The molecule has 0 heterocycles. The lowest BCUT2D eigenvalue weighted by Gasteiger charge is -2.32. The Kier molecular flexibility index (Phi) is 4.16. The van der Waals surface area contributed by atoms with Gasteiger partial charge in [0, 0.05) is 6.04 Å². The van der Waals surface area contributed by atoms with Gasteiger partial charge in [0.1, 0.15) is 5.41 Å². The number of amides is 1. The molecule has 4 nitrogen and oxygen atoms in total. The summed E-state index contributed by atoms with van der Waals surface area (Å²) in [6.45, 7) is 4.34. The topological polar surface area (TPSA) is 55.4 Å². The summed E-state index contributed by atoms with van der Waals surface area (Å²) in [5.41, 5.74) is -0.872. The predicted octanol–water partition coefficient (Wildman–Crippen LogP) is 2.27. The van der Waals surface area contributed by atoms with Crippen molar-refractivity contribution in [2.75, 3.05) is 7.11 Å². The van der Waals surface area contributed by atoms with E-state index in [1.165, 1.54) is 32.8 Å². The molecule has 3 atom stereocenters. The molecular formula is C15H25NO3. The van der Waals surface area contributed by atoms with Gasteiger partial charge in [-0.15, -0.1) is 0 Å². The van der Waals surface area contributed by atoms with Crippen LogP contribution < -0.4 is 5.32 Å². The van der Waals surface area contributed by atoms with Crippen molar-refractivity contribution in [1.29, 1.82) is 0 Å². The SMILES string of the molecule is COC(=O)C1(C(=O)N[C@H](C)[C@@H]2CCC[C@H](C)C2)CC1. The number of nitrogens with one attached hydrogen (secondary N) is 1. The Morgan fingerprint density at radius 1 is 1.32 bits per heavy atom. The Labute approximate surface area is 115 Å². The van der Waals surface area contributed by atoms with Crippen LogP contribution >= 0.6 is 0 Å². The number of methoxy groups -OCH3 is 1. The Balaban J connectivity index is 1.90. The number of esters is 1. The second kappa shape index (κ2) is 5.51. The predicted molar refractivity (Wildman–Crippen MR) is 72.4 cm³/mol. The van der Waals surface area contributed by atoms with Crippen molar-refractivity contribution >= 4 is 11.9 Å². The van der Waals surface area contributed by atoms with E-state index in [2.05, 4.69) is 19.2 Å². The van der Waals surface area contributed by atoms with Crippen molar-refractivity contribution in [2.45, 2.75) is 58.4 Å². The summed E-state index contributed by atoms with van der Waals surface area (Å²) in [6.07, 6.45) is 6.14. The van der Waals surface area contributed by atoms with Gasteiger partial charge in [0.15, 0.2) is 0 Å². The zero-order chi connectivity index (χ0) is 14.0. The molecule has 0 radical (unpaired) electrons. The van der Waals surface area contributed by atoms with Gasteiger partial charge in [-0.05, 0) is 44.4 Å².